The predicted molar refractivity (Wildman–Crippen MR) is 88.0 cm³/mol. The van der Waals surface area contributed by atoms with Crippen LogP contribution in [0.5, 0.6) is 0 Å². The van der Waals surface area contributed by atoms with Gasteiger partial charge in [-0.3, -0.25) is 9.48 Å². The lowest BCUT2D eigenvalue weighted by atomic mass is 10.3. The highest BCUT2D eigenvalue weighted by Gasteiger charge is 2.14. The number of benzene rings is 1. The first-order valence-corrected chi connectivity index (χ1v) is 8.27. The maximum Gasteiger partial charge on any atom is 0.297 e. The average Bonchev–Trinajstić information content (AvgIpc) is 3.06. The van der Waals surface area contributed by atoms with Crippen molar-refractivity contribution in [3.63, 3.8) is 0 Å². The molecule has 120 valence electrons. The van der Waals surface area contributed by atoms with E-state index in [1.54, 1.807) is 16.8 Å². The van der Waals surface area contributed by atoms with Crippen LogP contribution in [-0.4, -0.2) is 20.3 Å². The van der Waals surface area contributed by atoms with Gasteiger partial charge >= 0.3 is 0 Å². The lowest BCUT2D eigenvalue weighted by Crippen LogP contribution is -2.17. The topological polar surface area (TPSA) is 52.2 Å². The standard InChI is InChI=1S/C16H17FN4OS/c1-4-20-12-7-6-11(17)9-14(12)23-16(20)18-15(22)13-8-10(3)19-21(13)5-2/h6-9H,4-5H2,1-3H3. The lowest BCUT2D eigenvalue weighted by molar-refractivity contribution is 0.0987. The van der Waals surface area contributed by atoms with Gasteiger partial charge in [0.25, 0.3) is 5.91 Å². The van der Waals surface area contributed by atoms with Crippen LogP contribution in [0.4, 0.5) is 4.39 Å². The van der Waals surface area contributed by atoms with E-state index in [1.807, 2.05) is 25.3 Å². The molecule has 3 aromatic rings. The third-order valence-corrected chi connectivity index (χ3v) is 4.62. The SMILES string of the molecule is CCn1nc(C)cc1C(=O)N=c1sc2cc(F)ccc2n1CC. The number of thiazole rings is 1. The highest BCUT2D eigenvalue weighted by Crippen LogP contribution is 2.18. The highest BCUT2D eigenvalue weighted by molar-refractivity contribution is 7.16. The molecule has 5 nitrogen and oxygen atoms in total. The van der Waals surface area contributed by atoms with E-state index in [1.165, 1.54) is 23.5 Å². The number of fused-ring (bicyclic) bond motifs is 1. The maximum absolute atomic E-state index is 13.4. The van der Waals surface area contributed by atoms with E-state index in [-0.39, 0.29) is 11.7 Å². The van der Waals surface area contributed by atoms with Crippen molar-refractivity contribution >= 4 is 27.5 Å². The summed E-state index contributed by atoms with van der Waals surface area (Å²) in [7, 11) is 0. The van der Waals surface area contributed by atoms with Gasteiger partial charge in [0.15, 0.2) is 4.80 Å². The van der Waals surface area contributed by atoms with Gasteiger partial charge in [0.05, 0.1) is 15.9 Å². The zero-order valence-electron chi connectivity index (χ0n) is 13.2. The summed E-state index contributed by atoms with van der Waals surface area (Å²) in [5, 5.41) is 4.27. The molecule has 1 aromatic carbocycles. The summed E-state index contributed by atoms with van der Waals surface area (Å²) in [4.78, 5) is 17.3. The summed E-state index contributed by atoms with van der Waals surface area (Å²) in [6.07, 6.45) is 0. The van der Waals surface area contributed by atoms with E-state index in [0.29, 0.717) is 23.6 Å². The van der Waals surface area contributed by atoms with E-state index in [2.05, 4.69) is 10.1 Å². The minimum Gasteiger partial charge on any atom is -0.317 e. The molecule has 0 aliphatic heterocycles. The molecular formula is C16H17FN4OS. The Bertz CT molecular complexity index is 951. The summed E-state index contributed by atoms with van der Waals surface area (Å²) >= 11 is 1.31. The van der Waals surface area contributed by atoms with Crippen molar-refractivity contribution in [3.8, 4) is 0 Å². The average molecular weight is 332 g/mol. The zero-order chi connectivity index (χ0) is 16.6. The summed E-state index contributed by atoms with van der Waals surface area (Å²) in [5.74, 6) is -0.624. The van der Waals surface area contributed by atoms with Gasteiger partial charge in [-0.05, 0) is 45.0 Å². The Morgan fingerprint density at radius 3 is 2.78 bits per heavy atom. The number of aryl methyl sites for hydroxylation is 3. The number of hydrogen-bond donors (Lipinski definition) is 0. The van der Waals surface area contributed by atoms with Crippen LogP contribution in [0.1, 0.15) is 30.0 Å². The third-order valence-electron chi connectivity index (χ3n) is 3.58. The summed E-state index contributed by atoms with van der Waals surface area (Å²) in [5.41, 5.74) is 2.13. The third kappa shape index (κ3) is 2.84. The second kappa shape index (κ2) is 6.08. The largest absolute Gasteiger partial charge is 0.317 e. The van der Waals surface area contributed by atoms with Crippen molar-refractivity contribution in [1.82, 2.24) is 14.3 Å². The van der Waals surface area contributed by atoms with Crippen molar-refractivity contribution in [2.24, 2.45) is 4.99 Å². The molecule has 23 heavy (non-hydrogen) atoms. The Morgan fingerprint density at radius 2 is 2.09 bits per heavy atom. The van der Waals surface area contributed by atoms with Gasteiger partial charge in [0.2, 0.25) is 0 Å². The smallest absolute Gasteiger partial charge is 0.297 e. The van der Waals surface area contributed by atoms with Gasteiger partial charge in [-0.1, -0.05) is 11.3 Å². The fourth-order valence-corrected chi connectivity index (χ4v) is 3.66. The number of carbonyl (C=O) groups excluding carboxylic acids is 1. The molecule has 0 bridgehead atoms. The van der Waals surface area contributed by atoms with E-state index in [9.17, 15) is 9.18 Å². The van der Waals surface area contributed by atoms with Crippen molar-refractivity contribution < 1.29 is 9.18 Å². The number of aromatic nitrogens is 3. The summed E-state index contributed by atoms with van der Waals surface area (Å²) in [6, 6.07) is 6.34. The number of rotatable bonds is 3. The van der Waals surface area contributed by atoms with Gasteiger partial charge in [-0.15, -0.1) is 0 Å². The molecule has 0 N–H and O–H groups in total. The first kappa shape index (κ1) is 15.6. The monoisotopic (exact) mass is 332 g/mol. The number of amides is 1. The quantitative estimate of drug-likeness (QED) is 0.740. The molecule has 0 radical (unpaired) electrons. The van der Waals surface area contributed by atoms with Crippen LogP contribution in [-0.2, 0) is 13.1 Å². The van der Waals surface area contributed by atoms with E-state index >= 15 is 0 Å². The van der Waals surface area contributed by atoms with Gasteiger partial charge in [0.1, 0.15) is 11.5 Å². The van der Waals surface area contributed by atoms with Gasteiger partial charge in [-0.25, -0.2) is 4.39 Å². The van der Waals surface area contributed by atoms with Gasteiger partial charge in [0, 0.05) is 13.1 Å². The molecule has 0 fully saturated rings. The summed E-state index contributed by atoms with van der Waals surface area (Å²) in [6.45, 7) is 7.01. The number of carbonyl (C=O) groups is 1. The van der Waals surface area contributed by atoms with Crippen LogP contribution in [0, 0.1) is 12.7 Å². The van der Waals surface area contributed by atoms with Crippen LogP contribution in [0.2, 0.25) is 0 Å². The lowest BCUT2D eigenvalue weighted by Gasteiger charge is -2.01. The number of halogens is 1. The molecule has 1 amide bonds. The molecule has 0 saturated carbocycles. The number of hydrogen-bond acceptors (Lipinski definition) is 3. The molecule has 0 atom stereocenters. The molecule has 0 unspecified atom stereocenters. The Morgan fingerprint density at radius 1 is 1.30 bits per heavy atom. The highest BCUT2D eigenvalue weighted by atomic mass is 32.1. The minimum absolute atomic E-state index is 0.292. The molecule has 3 rings (SSSR count). The van der Waals surface area contributed by atoms with Crippen LogP contribution in [0.3, 0.4) is 0 Å². The molecule has 0 spiro atoms. The predicted octanol–water partition coefficient (Wildman–Crippen LogP) is 3.13. The van der Waals surface area contributed by atoms with E-state index < -0.39 is 0 Å². The molecule has 2 heterocycles. The minimum atomic E-state index is -0.332. The van der Waals surface area contributed by atoms with Crippen molar-refractivity contribution in [2.45, 2.75) is 33.9 Å². The first-order chi connectivity index (χ1) is 11.0. The first-order valence-electron chi connectivity index (χ1n) is 7.46. The van der Waals surface area contributed by atoms with Crippen molar-refractivity contribution in [3.05, 3.63) is 46.3 Å². The normalized spacial score (nSPS) is 12.3. The molecule has 0 saturated heterocycles. The van der Waals surface area contributed by atoms with Crippen molar-refractivity contribution in [2.75, 3.05) is 0 Å². The van der Waals surface area contributed by atoms with E-state index in [0.717, 1.165) is 15.9 Å². The van der Waals surface area contributed by atoms with Crippen LogP contribution < -0.4 is 4.80 Å². The Hall–Kier alpha value is -2.28. The fourth-order valence-electron chi connectivity index (χ4n) is 2.54. The molecule has 2 aromatic heterocycles. The van der Waals surface area contributed by atoms with Crippen LogP contribution in [0.25, 0.3) is 10.2 Å². The Labute approximate surface area is 136 Å². The Kier molecular flexibility index (Phi) is 4.12. The zero-order valence-corrected chi connectivity index (χ0v) is 14.0. The molecule has 0 aliphatic carbocycles. The van der Waals surface area contributed by atoms with Crippen LogP contribution >= 0.6 is 11.3 Å². The van der Waals surface area contributed by atoms with Gasteiger partial charge in [-0.2, -0.15) is 10.1 Å². The Balaban J connectivity index is 2.15. The van der Waals surface area contributed by atoms with Crippen molar-refractivity contribution in [1.29, 1.82) is 0 Å². The molecule has 7 heteroatoms. The van der Waals surface area contributed by atoms with Crippen LogP contribution in [0.15, 0.2) is 29.3 Å². The molecule has 0 aliphatic rings. The summed E-state index contributed by atoms with van der Waals surface area (Å²) < 4.78 is 17.7. The fraction of sp³-hybridized carbons (Fsp3) is 0.312. The molecular weight excluding hydrogens is 315 g/mol. The second-order valence-corrected chi connectivity index (χ2v) is 6.15. The maximum atomic E-state index is 13.4. The number of nitrogens with zero attached hydrogens (tertiary/aromatic N) is 4. The second-order valence-electron chi connectivity index (χ2n) is 5.14. The van der Waals surface area contributed by atoms with E-state index in [4.69, 9.17) is 0 Å². The van der Waals surface area contributed by atoms with Gasteiger partial charge < -0.3 is 4.57 Å².